The van der Waals surface area contributed by atoms with Crippen LogP contribution >= 0.6 is 0 Å². The maximum Gasteiger partial charge on any atom is 0.326 e. The van der Waals surface area contributed by atoms with Gasteiger partial charge in [0.15, 0.2) is 0 Å². The summed E-state index contributed by atoms with van der Waals surface area (Å²) >= 11 is 0. The number of carbonyl (C=O) groups is 2. The maximum atomic E-state index is 11.6. The maximum absolute atomic E-state index is 11.6. The monoisotopic (exact) mass is 286 g/mol. The molecule has 0 saturated heterocycles. The zero-order chi connectivity index (χ0) is 15.5. The normalized spacial score (nSPS) is 12.5. The number of hydrogen-bond donors (Lipinski definition) is 3. The molecule has 5 nitrogen and oxygen atoms in total. The summed E-state index contributed by atoms with van der Waals surface area (Å²) in [5, 5.41) is 14.2. The van der Waals surface area contributed by atoms with Crippen LogP contribution in [0.2, 0.25) is 0 Å². The number of nitrogens with one attached hydrogen (secondary N) is 2. The van der Waals surface area contributed by atoms with E-state index in [1.54, 1.807) is 13.8 Å². The molecule has 5 heteroatoms. The minimum Gasteiger partial charge on any atom is -0.480 e. The Kier molecular flexibility index (Phi) is 9.86. The van der Waals surface area contributed by atoms with Crippen LogP contribution in [0.1, 0.15) is 59.8 Å². The van der Waals surface area contributed by atoms with E-state index in [0.29, 0.717) is 6.54 Å². The van der Waals surface area contributed by atoms with E-state index in [0.717, 1.165) is 18.8 Å². The number of urea groups is 1. The minimum absolute atomic E-state index is 0.130. The molecule has 0 aromatic heterocycles. The smallest absolute Gasteiger partial charge is 0.326 e. The highest BCUT2D eigenvalue weighted by Crippen LogP contribution is 2.09. The van der Waals surface area contributed by atoms with Crippen LogP contribution in [0.25, 0.3) is 0 Å². The van der Waals surface area contributed by atoms with Gasteiger partial charge >= 0.3 is 12.0 Å². The first-order valence-electron chi connectivity index (χ1n) is 7.61. The molecule has 118 valence electrons. The summed E-state index contributed by atoms with van der Waals surface area (Å²) in [6, 6.07) is -1.23. The lowest BCUT2D eigenvalue weighted by molar-refractivity contribution is -0.140. The van der Waals surface area contributed by atoms with Crippen molar-refractivity contribution in [3.8, 4) is 0 Å². The highest BCUT2D eigenvalue weighted by Gasteiger charge is 2.22. The van der Waals surface area contributed by atoms with E-state index in [9.17, 15) is 9.59 Å². The summed E-state index contributed by atoms with van der Waals surface area (Å²) in [5.41, 5.74) is 0. The number of rotatable bonds is 10. The molecule has 0 unspecified atom stereocenters. The quantitative estimate of drug-likeness (QED) is 0.540. The van der Waals surface area contributed by atoms with Gasteiger partial charge in [-0.25, -0.2) is 9.59 Å². The van der Waals surface area contributed by atoms with Gasteiger partial charge in [0.25, 0.3) is 0 Å². The molecule has 0 saturated carbocycles. The van der Waals surface area contributed by atoms with Gasteiger partial charge in [0.1, 0.15) is 6.04 Å². The van der Waals surface area contributed by atoms with Crippen molar-refractivity contribution in [3.63, 3.8) is 0 Å². The molecule has 0 rings (SSSR count). The van der Waals surface area contributed by atoms with Crippen LogP contribution in [-0.2, 0) is 4.79 Å². The SMILES string of the molecule is CC(C)CCCCCCNC(=O)N[C@H](C(=O)O)C(C)C. The first kappa shape index (κ1) is 18.7. The zero-order valence-electron chi connectivity index (χ0n) is 13.2. The Morgan fingerprint density at radius 1 is 1.00 bits per heavy atom. The largest absolute Gasteiger partial charge is 0.480 e. The van der Waals surface area contributed by atoms with Crippen molar-refractivity contribution in [1.29, 1.82) is 0 Å². The molecule has 20 heavy (non-hydrogen) atoms. The Morgan fingerprint density at radius 3 is 2.10 bits per heavy atom. The molecule has 0 aliphatic carbocycles. The molecule has 0 heterocycles. The molecular weight excluding hydrogens is 256 g/mol. The predicted octanol–water partition coefficient (Wildman–Crippen LogP) is 3.00. The highest BCUT2D eigenvalue weighted by molar-refractivity contribution is 5.82. The van der Waals surface area contributed by atoms with E-state index in [1.165, 1.54) is 19.3 Å². The van der Waals surface area contributed by atoms with Gasteiger partial charge in [-0.2, -0.15) is 0 Å². The fraction of sp³-hybridized carbons (Fsp3) is 0.867. The number of amides is 2. The van der Waals surface area contributed by atoms with Crippen molar-refractivity contribution >= 4 is 12.0 Å². The minimum atomic E-state index is -0.996. The van der Waals surface area contributed by atoms with Gasteiger partial charge in [-0.15, -0.1) is 0 Å². The second kappa shape index (κ2) is 10.5. The Bertz CT molecular complexity index is 291. The van der Waals surface area contributed by atoms with E-state index in [4.69, 9.17) is 5.11 Å². The average molecular weight is 286 g/mol. The van der Waals surface area contributed by atoms with Crippen LogP contribution in [0.4, 0.5) is 4.79 Å². The van der Waals surface area contributed by atoms with Crippen LogP contribution in [0.15, 0.2) is 0 Å². The number of carboxylic acids is 1. The van der Waals surface area contributed by atoms with Gasteiger partial charge in [0.2, 0.25) is 0 Å². The van der Waals surface area contributed by atoms with Crippen molar-refractivity contribution in [2.75, 3.05) is 6.54 Å². The molecule has 1 atom stereocenters. The van der Waals surface area contributed by atoms with Crippen molar-refractivity contribution in [2.45, 2.75) is 65.8 Å². The molecule has 2 amide bonds. The lowest BCUT2D eigenvalue weighted by Crippen LogP contribution is -2.48. The van der Waals surface area contributed by atoms with E-state index < -0.39 is 18.0 Å². The van der Waals surface area contributed by atoms with E-state index in [-0.39, 0.29) is 5.92 Å². The molecule has 0 aliphatic rings. The van der Waals surface area contributed by atoms with Crippen LogP contribution in [-0.4, -0.2) is 29.7 Å². The van der Waals surface area contributed by atoms with Gasteiger partial charge in [0.05, 0.1) is 0 Å². The Labute approximate surface area is 122 Å². The first-order valence-corrected chi connectivity index (χ1v) is 7.61. The number of carbonyl (C=O) groups excluding carboxylic acids is 1. The lowest BCUT2D eigenvalue weighted by Gasteiger charge is -2.18. The Morgan fingerprint density at radius 2 is 1.60 bits per heavy atom. The Balaban J connectivity index is 3.65. The molecular formula is C15H30N2O3. The second-order valence-electron chi connectivity index (χ2n) is 6.06. The number of carboxylic acid groups (broad SMARTS) is 1. The third-order valence-electron chi connectivity index (χ3n) is 3.21. The van der Waals surface area contributed by atoms with Gasteiger partial charge in [-0.05, 0) is 18.3 Å². The third kappa shape index (κ3) is 9.64. The van der Waals surface area contributed by atoms with Crippen molar-refractivity contribution in [2.24, 2.45) is 11.8 Å². The molecule has 0 radical (unpaired) electrons. The van der Waals surface area contributed by atoms with Crippen molar-refractivity contribution < 1.29 is 14.7 Å². The predicted molar refractivity (Wildman–Crippen MR) is 80.7 cm³/mol. The van der Waals surface area contributed by atoms with Gasteiger partial charge < -0.3 is 15.7 Å². The van der Waals surface area contributed by atoms with E-state index in [2.05, 4.69) is 24.5 Å². The summed E-state index contributed by atoms with van der Waals surface area (Å²) < 4.78 is 0. The fourth-order valence-corrected chi connectivity index (χ4v) is 1.94. The molecule has 0 aromatic rings. The molecule has 0 bridgehead atoms. The summed E-state index contributed by atoms with van der Waals surface area (Å²) in [4.78, 5) is 22.5. The number of aliphatic carboxylic acids is 1. The summed E-state index contributed by atoms with van der Waals surface area (Å²) in [7, 11) is 0. The zero-order valence-corrected chi connectivity index (χ0v) is 13.2. The summed E-state index contributed by atoms with van der Waals surface area (Å²) in [5.74, 6) is -0.374. The molecule has 0 spiro atoms. The average Bonchev–Trinajstić information content (AvgIpc) is 2.33. The summed E-state index contributed by atoms with van der Waals surface area (Å²) in [6.07, 6.45) is 5.70. The number of unbranched alkanes of at least 4 members (excludes halogenated alkanes) is 3. The van der Waals surface area contributed by atoms with Crippen LogP contribution in [0, 0.1) is 11.8 Å². The second-order valence-corrected chi connectivity index (χ2v) is 6.06. The fourth-order valence-electron chi connectivity index (χ4n) is 1.94. The topological polar surface area (TPSA) is 78.4 Å². The lowest BCUT2D eigenvalue weighted by atomic mass is 10.0. The molecule has 0 aromatic carbocycles. The Hall–Kier alpha value is -1.26. The van der Waals surface area contributed by atoms with Crippen LogP contribution in [0.5, 0.6) is 0 Å². The van der Waals surface area contributed by atoms with Gasteiger partial charge in [-0.1, -0.05) is 53.4 Å². The molecule has 0 fully saturated rings. The van der Waals surface area contributed by atoms with Crippen LogP contribution in [0.3, 0.4) is 0 Å². The van der Waals surface area contributed by atoms with Crippen molar-refractivity contribution in [1.82, 2.24) is 10.6 Å². The van der Waals surface area contributed by atoms with E-state index in [1.807, 2.05) is 0 Å². The van der Waals surface area contributed by atoms with Crippen molar-refractivity contribution in [3.05, 3.63) is 0 Å². The number of hydrogen-bond acceptors (Lipinski definition) is 2. The third-order valence-corrected chi connectivity index (χ3v) is 3.21. The van der Waals surface area contributed by atoms with E-state index >= 15 is 0 Å². The van der Waals surface area contributed by atoms with Crippen LogP contribution < -0.4 is 10.6 Å². The van der Waals surface area contributed by atoms with Gasteiger partial charge in [-0.3, -0.25) is 0 Å². The highest BCUT2D eigenvalue weighted by atomic mass is 16.4. The molecule has 3 N–H and O–H groups in total. The van der Waals surface area contributed by atoms with Gasteiger partial charge in [0, 0.05) is 6.54 Å². The molecule has 0 aliphatic heterocycles. The first-order chi connectivity index (χ1) is 9.34. The summed E-state index contributed by atoms with van der Waals surface area (Å²) in [6.45, 7) is 8.58. The standard InChI is InChI=1S/C15H30N2O3/c1-11(2)9-7-5-6-8-10-16-15(20)17-13(12(3)4)14(18)19/h11-13H,5-10H2,1-4H3,(H,18,19)(H2,16,17,20)/t13-/m0/s1.